The highest BCUT2D eigenvalue weighted by Crippen LogP contribution is 2.20. The first-order chi connectivity index (χ1) is 6.42. The van der Waals surface area contributed by atoms with Crippen LogP contribution in [0.2, 0.25) is 0 Å². The van der Waals surface area contributed by atoms with Crippen LogP contribution in [0.4, 0.5) is 0 Å². The van der Waals surface area contributed by atoms with Gasteiger partial charge in [0.25, 0.3) is 0 Å². The average Bonchev–Trinajstić information content (AvgIpc) is 2.67. The first-order valence-corrected chi connectivity index (χ1v) is 4.43. The van der Waals surface area contributed by atoms with Gasteiger partial charge < -0.3 is 0 Å². The second kappa shape index (κ2) is 3.33. The van der Waals surface area contributed by atoms with Crippen LogP contribution in [-0.4, -0.2) is 8.75 Å². The van der Waals surface area contributed by atoms with Gasteiger partial charge in [-0.25, -0.2) is 0 Å². The molecule has 0 N–H and O–H groups in total. The molecular weight excluding hydrogens is 182 g/mol. The molecule has 0 aliphatic heterocycles. The molecule has 0 spiro atoms. The number of hydrogen-bond acceptors (Lipinski definition) is 4. The van der Waals surface area contributed by atoms with Crippen molar-refractivity contribution >= 4 is 11.7 Å². The summed E-state index contributed by atoms with van der Waals surface area (Å²) in [5, 5.41) is 8.72. The third-order valence-electron chi connectivity index (χ3n) is 1.64. The third-order valence-corrected chi connectivity index (χ3v) is 2.17. The van der Waals surface area contributed by atoms with Crippen LogP contribution in [-0.2, 0) is 0 Å². The lowest BCUT2D eigenvalue weighted by atomic mass is 10.1. The Kier molecular flexibility index (Phi) is 2.02. The molecule has 62 valence electrons. The van der Waals surface area contributed by atoms with E-state index in [1.807, 2.05) is 36.4 Å². The fourth-order valence-corrected chi connectivity index (χ4v) is 1.57. The molecule has 1 aromatic carbocycles. The molecule has 2 rings (SSSR count). The SMILES string of the molecule is N#Cc1nsnc1-c1ccccc1. The monoisotopic (exact) mass is 187 g/mol. The standard InChI is InChI=1S/C9H5N3S/c10-6-8-9(12-13-11-8)7-4-2-1-3-5-7/h1-5H. The van der Waals surface area contributed by atoms with Crippen LogP contribution in [0.3, 0.4) is 0 Å². The van der Waals surface area contributed by atoms with Crippen LogP contribution in [0.1, 0.15) is 5.69 Å². The number of nitrogens with zero attached hydrogens (tertiary/aromatic N) is 3. The smallest absolute Gasteiger partial charge is 0.182 e. The van der Waals surface area contributed by atoms with Crippen molar-refractivity contribution in [2.45, 2.75) is 0 Å². The highest BCUT2D eigenvalue weighted by atomic mass is 32.1. The van der Waals surface area contributed by atoms with Crippen LogP contribution in [0, 0.1) is 11.3 Å². The lowest BCUT2D eigenvalue weighted by molar-refractivity contribution is 1.39. The van der Waals surface area contributed by atoms with Crippen molar-refractivity contribution < 1.29 is 0 Å². The molecule has 0 fully saturated rings. The molecule has 3 nitrogen and oxygen atoms in total. The molecule has 4 heteroatoms. The predicted molar refractivity (Wildman–Crippen MR) is 50.1 cm³/mol. The first-order valence-electron chi connectivity index (χ1n) is 3.70. The minimum atomic E-state index is 0.399. The number of nitriles is 1. The van der Waals surface area contributed by atoms with E-state index in [2.05, 4.69) is 8.75 Å². The maximum Gasteiger partial charge on any atom is 0.182 e. The van der Waals surface area contributed by atoms with Gasteiger partial charge in [-0.3, -0.25) is 0 Å². The number of benzene rings is 1. The molecule has 1 heterocycles. The van der Waals surface area contributed by atoms with E-state index in [4.69, 9.17) is 5.26 Å². The Morgan fingerprint density at radius 1 is 1.15 bits per heavy atom. The molecule has 0 saturated carbocycles. The summed E-state index contributed by atoms with van der Waals surface area (Å²) in [6.07, 6.45) is 0. The molecule has 0 saturated heterocycles. The van der Waals surface area contributed by atoms with Crippen LogP contribution < -0.4 is 0 Å². The average molecular weight is 187 g/mol. The van der Waals surface area contributed by atoms with Crippen molar-refractivity contribution in [3.8, 4) is 17.3 Å². The Hall–Kier alpha value is -1.73. The molecule has 0 aliphatic carbocycles. The van der Waals surface area contributed by atoms with Crippen LogP contribution >= 0.6 is 11.7 Å². The van der Waals surface area contributed by atoms with Gasteiger partial charge >= 0.3 is 0 Å². The maximum atomic E-state index is 8.72. The number of aromatic nitrogens is 2. The van der Waals surface area contributed by atoms with Crippen molar-refractivity contribution in [1.82, 2.24) is 8.75 Å². The van der Waals surface area contributed by atoms with E-state index in [0.29, 0.717) is 11.4 Å². The zero-order valence-corrected chi connectivity index (χ0v) is 7.45. The Morgan fingerprint density at radius 3 is 2.62 bits per heavy atom. The lowest BCUT2D eigenvalue weighted by Crippen LogP contribution is -1.80. The second-order valence-corrected chi connectivity index (χ2v) is 2.97. The number of hydrogen-bond donors (Lipinski definition) is 0. The zero-order chi connectivity index (χ0) is 9.10. The highest BCUT2D eigenvalue weighted by molar-refractivity contribution is 6.99. The third kappa shape index (κ3) is 1.42. The molecule has 0 atom stereocenters. The van der Waals surface area contributed by atoms with Crippen molar-refractivity contribution in [1.29, 1.82) is 5.26 Å². The van der Waals surface area contributed by atoms with Crippen LogP contribution in [0.5, 0.6) is 0 Å². The summed E-state index contributed by atoms with van der Waals surface area (Å²) in [6, 6.07) is 11.6. The quantitative estimate of drug-likeness (QED) is 0.686. The lowest BCUT2D eigenvalue weighted by Gasteiger charge is -1.93. The molecular formula is C9H5N3S. The summed E-state index contributed by atoms with van der Waals surface area (Å²) in [5.41, 5.74) is 2.01. The van der Waals surface area contributed by atoms with Gasteiger partial charge in [0.05, 0.1) is 11.7 Å². The van der Waals surface area contributed by atoms with E-state index in [1.165, 1.54) is 0 Å². The minimum Gasteiger partial charge on any atom is -0.191 e. The molecule has 0 unspecified atom stereocenters. The zero-order valence-electron chi connectivity index (χ0n) is 6.64. The van der Waals surface area contributed by atoms with E-state index >= 15 is 0 Å². The minimum absolute atomic E-state index is 0.399. The van der Waals surface area contributed by atoms with E-state index in [1.54, 1.807) is 0 Å². The summed E-state index contributed by atoms with van der Waals surface area (Å²) >= 11 is 1.06. The normalized spacial score (nSPS) is 9.46. The summed E-state index contributed by atoms with van der Waals surface area (Å²) in [5.74, 6) is 0. The highest BCUT2D eigenvalue weighted by Gasteiger charge is 2.08. The molecule has 13 heavy (non-hydrogen) atoms. The van der Waals surface area contributed by atoms with Gasteiger partial charge in [0, 0.05) is 5.56 Å². The topological polar surface area (TPSA) is 49.6 Å². The molecule has 0 bridgehead atoms. The van der Waals surface area contributed by atoms with Gasteiger partial charge in [-0.15, -0.1) is 0 Å². The van der Waals surface area contributed by atoms with Crippen molar-refractivity contribution in [2.75, 3.05) is 0 Å². The predicted octanol–water partition coefficient (Wildman–Crippen LogP) is 2.08. The Labute approximate surface area is 79.6 Å². The van der Waals surface area contributed by atoms with Crippen molar-refractivity contribution in [3.63, 3.8) is 0 Å². The fourth-order valence-electron chi connectivity index (χ4n) is 1.05. The summed E-state index contributed by atoms with van der Waals surface area (Å²) in [6.45, 7) is 0. The van der Waals surface area contributed by atoms with Gasteiger partial charge in [0.2, 0.25) is 0 Å². The van der Waals surface area contributed by atoms with Gasteiger partial charge in [0.15, 0.2) is 5.69 Å². The van der Waals surface area contributed by atoms with Crippen molar-refractivity contribution in [2.24, 2.45) is 0 Å². The van der Waals surface area contributed by atoms with Gasteiger partial charge in [-0.1, -0.05) is 30.3 Å². The van der Waals surface area contributed by atoms with Crippen molar-refractivity contribution in [3.05, 3.63) is 36.0 Å². The Bertz CT molecular complexity index is 441. The van der Waals surface area contributed by atoms with E-state index in [-0.39, 0.29) is 0 Å². The van der Waals surface area contributed by atoms with E-state index < -0.39 is 0 Å². The molecule has 0 aliphatic rings. The molecule has 1 aromatic heterocycles. The van der Waals surface area contributed by atoms with Gasteiger partial charge in [-0.05, 0) is 0 Å². The summed E-state index contributed by atoms with van der Waals surface area (Å²) < 4.78 is 7.95. The van der Waals surface area contributed by atoms with E-state index in [9.17, 15) is 0 Å². The Balaban J connectivity index is 2.54. The Morgan fingerprint density at radius 2 is 1.92 bits per heavy atom. The van der Waals surface area contributed by atoms with Crippen LogP contribution in [0.25, 0.3) is 11.3 Å². The molecule has 2 aromatic rings. The van der Waals surface area contributed by atoms with Crippen LogP contribution in [0.15, 0.2) is 30.3 Å². The molecule has 0 amide bonds. The molecule has 0 radical (unpaired) electrons. The second-order valence-electron chi connectivity index (χ2n) is 2.44. The fraction of sp³-hybridized carbons (Fsp3) is 0. The maximum absolute atomic E-state index is 8.72. The van der Waals surface area contributed by atoms with E-state index in [0.717, 1.165) is 17.3 Å². The van der Waals surface area contributed by atoms with Gasteiger partial charge in [-0.2, -0.15) is 14.0 Å². The van der Waals surface area contributed by atoms with Gasteiger partial charge in [0.1, 0.15) is 11.8 Å². The summed E-state index contributed by atoms with van der Waals surface area (Å²) in [7, 11) is 0. The first kappa shape index (κ1) is 7.90. The number of rotatable bonds is 1. The summed E-state index contributed by atoms with van der Waals surface area (Å²) in [4.78, 5) is 0. The largest absolute Gasteiger partial charge is 0.191 e.